The minimum atomic E-state index is -0.00900. The molecule has 2 heterocycles. The van der Waals surface area contributed by atoms with Crippen molar-refractivity contribution < 1.29 is 0 Å². The van der Waals surface area contributed by atoms with Gasteiger partial charge in [0.2, 0.25) is 0 Å². The number of aromatic nitrogens is 2. The molecule has 1 aromatic carbocycles. The summed E-state index contributed by atoms with van der Waals surface area (Å²) in [5, 5.41) is 0.734. The molecule has 0 saturated carbocycles. The Morgan fingerprint density at radius 2 is 2.00 bits per heavy atom. The standard InChI is InChI=1S/C16H16N2OS2/c1-3-12-8-13-14(21-12)17-16(20)18(15(13)19)9-11-6-4-10(2)5-7-11/h4-8H,3,9H2,1-2H3,(H,17,20). The molecule has 0 aliphatic rings. The van der Waals surface area contributed by atoms with Gasteiger partial charge in [-0.1, -0.05) is 36.8 Å². The van der Waals surface area contributed by atoms with Crippen molar-refractivity contribution in [2.45, 2.75) is 26.8 Å². The van der Waals surface area contributed by atoms with Gasteiger partial charge in [0.15, 0.2) is 4.77 Å². The van der Waals surface area contributed by atoms with Crippen molar-refractivity contribution >= 4 is 33.8 Å². The van der Waals surface area contributed by atoms with Gasteiger partial charge >= 0.3 is 0 Å². The molecule has 1 N–H and O–H groups in total. The molecule has 0 aliphatic carbocycles. The van der Waals surface area contributed by atoms with Gasteiger partial charge in [-0.25, -0.2) is 0 Å². The summed E-state index contributed by atoms with van der Waals surface area (Å²) < 4.78 is 2.12. The minimum Gasteiger partial charge on any atom is -0.323 e. The van der Waals surface area contributed by atoms with Gasteiger partial charge in [-0.15, -0.1) is 11.3 Å². The van der Waals surface area contributed by atoms with Gasteiger partial charge in [0.1, 0.15) is 4.83 Å². The van der Waals surface area contributed by atoms with E-state index >= 15 is 0 Å². The Labute approximate surface area is 131 Å². The van der Waals surface area contributed by atoms with Crippen LogP contribution < -0.4 is 5.56 Å². The van der Waals surface area contributed by atoms with Crippen LogP contribution in [0, 0.1) is 11.7 Å². The van der Waals surface area contributed by atoms with E-state index in [0.29, 0.717) is 11.3 Å². The second-order valence-corrected chi connectivity index (χ2v) is 6.64. The van der Waals surface area contributed by atoms with Crippen LogP contribution >= 0.6 is 23.6 Å². The van der Waals surface area contributed by atoms with Crippen molar-refractivity contribution in [3.63, 3.8) is 0 Å². The van der Waals surface area contributed by atoms with Crippen LogP contribution in [-0.4, -0.2) is 9.55 Å². The molecule has 0 fully saturated rings. The highest BCUT2D eigenvalue weighted by atomic mass is 32.1. The van der Waals surface area contributed by atoms with E-state index in [2.05, 4.69) is 11.9 Å². The molecule has 0 spiro atoms. The lowest BCUT2D eigenvalue weighted by molar-refractivity contribution is 0.735. The van der Waals surface area contributed by atoms with Crippen LogP contribution in [0.4, 0.5) is 0 Å². The Hall–Kier alpha value is -1.72. The highest BCUT2D eigenvalue weighted by Crippen LogP contribution is 2.21. The number of nitrogens with zero attached hydrogens (tertiary/aromatic N) is 1. The third-order valence-corrected chi connectivity index (χ3v) is 5.05. The Bertz CT molecular complexity index is 901. The number of fused-ring (bicyclic) bond motifs is 1. The molecule has 0 amide bonds. The molecule has 2 aromatic heterocycles. The second-order valence-electron chi connectivity index (χ2n) is 5.12. The number of hydrogen-bond acceptors (Lipinski definition) is 3. The fourth-order valence-electron chi connectivity index (χ4n) is 2.29. The van der Waals surface area contributed by atoms with Gasteiger partial charge < -0.3 is 4.98 Å². The molecule has 0 unspecified atom stereocenters. The number of aromatic amines is 1. The van der Waals surface area contributed by atoms with Gasteiger partial charge in [-0.3, -0.25) is 9.36 Å². The van der Waals surface area contributed by atoms with Crippen LogP contribution in [0.2, 0.25) is 0 Å². The largest absolute Gasteiger partial charge is 0.323 e. The molecule has 0 saturated heterocycles. The zero-order valence-corrected chi connectivity index (χ0v) is 13.6. The van der Waals surface area contributed by atoms with Crippen molar-refractivity contribution in [2.24, 2.45) is 0 Å². The number of nitrogens with one attached hydrogen (secondary N) is 1. The van der Waals surface area contributed by atoms with Crippen molar-refractivity contribution in [1.29, 1.82) is 0 Å². The normalized spacial score (nSPS) is 11.1. The summed E-state index contributed by atoms with van der Waals surface area (Å²) in [6.07, 6.45) is 0.928. The molecule has 0 atom stereocenters. The summed E-state index contributed by atoms with van der Waals surface area (Å²) in [5.41, 5.74) is 2.27. The van der Waals surface area contributed by atoms with E-state index in [9.17, 15) is 4.79 Å². The first kappa shape index (κ1) is 14.2. The fourth-order valence-corrected chi connectivity index (χ4v) is 3.59. The zero-order valence-electron chi connectivity index (χ0n) is 12.0. The van der Waals surface area contributed by atoms with E-state index in [1.807, 2.05) is 37.3 Å². The maximum Gasteiger partial charge on any atom is 0.263 e. The van der Waals surface area contributed by atoms with Crippen molar-refractivity contribution in [2.75, 3.05) is 0 Å². The quantitative estimate of drug-likeness (QED) is 0.741. The molecule has 3 aromatic rings. The molecule has 5 heteroatoms. The van der Waals surface area contributed by atoms with Crippen molar-refractivity contribution in [3.05, 3.63) is 61.5 Å². The molecule has 3 rings (SSSR count). The number of thiophene rings is 1. The summed E-state index contributed by atoms with van der Waals surface area (Å²) in [5.74, 6) is 0. The number of rotatable bonds is 3. The molecular weight excluding hydrogens is 300 g/mol. The average molecular weight is 316 g/mol. The van der Waals surface area contributed by atoms with Crippen LogP contribution in [0.3, 0.4) is 0 Å². The minimum absolute atomic E-state index is 0.00900. The Kier molecular flexibility index (Phi) is 3.78. The predicted octanol–water partition coefficient (Wildman–Crippen LogP) is 4.04. The third-order valence-electron chi connectivity index (χ3n) is 3.53. The first-order valence-corrected chi connectivity index (χ1v) is 8.12. The maximum absolute atomic E-state index is 12.6. The van der Waals surface area contributed by atoms with Gasteiger partial charge in [0, 0.05) is 4.88 Å². The average Bonchev–Trinajstić information content (AvgIpc) is 2.88. The molecular formula is C16H16N2OS2. The smallest absolute Gasteiger partial charge is 0.263 e. The Morgan fingerprint density at radius 1 is 1.29 bits per heavy atom. The van der Waals surface area contributed by atoms with E-state index < -0.39 is 0 Å². The molecule has 0 bridgehead atoms. The molecule has 3 nitrogen and oxygen atoms in total. The number of aryl methyl sites for hydroxylation is 2. The van der Waals surface area contributed by atoms with E-state index in [1.165, 1.54) is 10.4 Å². The summed E-state index contributed by atoms with van der Waals surface area (Å²) >= 11 is 6.96. The lowest BCUT2D eigenvalue weighted by Crippen LogP contribution is -2.22. The van der Waals surface area contributed by atoms with Gasteiger partial charge in [0.25, 0.3) is 5.56 Å². The zero-order chi connectivity index (χ0) is 15.0. The van der Waals surface area contributed by atoms with Crippen molar-refractivity contribution in [1.82, 2.24) is 9.55 Å². The molecule has 0 radical (unpaired) electrons. The summed E-state index contributed by atoms with van der Waals surface area (Å²) in [4.78, 5) is 17.9. The van der Waals surface area contributed by atoms with E-state index in [0.717, 1.165) is 22.2 Å². The summed E-state index contributed by atoms with van der Waals surface area (Å²) in [7, 11) is 0. The van der Waals surface area contributed by atoms with Gasteiger partial charge in [-0.2, -0.15) is 0 Å². The van der Waals surface area contributed by atoms with Gasteiger partial charge in [-0.05, 0) is 37.2 Å². The van der Waals surface area contributed by atoms with Gasteiger partial charge in [0.05, 0.1) is 11.9 Å². The van der Waals surface area contributed by atoms with Crippen LogP contribution in [0.1, 0.15) is 22.9 Å². The van der Waals surface area contributed by atoms with Crippen LogP contribution in [-0.2, 0) is 13.0 Å². The topological polar surface area (TPSA) is 37.8 Å². The first-order chi connectivity index (χ1) is 10.1. The number of hydrogen-bond donors (Lipinski definition) is 1. The monoisotopic (exact) mass is 316 g/mol. The third kappa shape index (κ3) is 2.71. The molecule has 108 valence electrons. The highest BCUT2D eigenvalue weighted by molar-refractivity contribution is 7.71. The summed E-state index contributed by atoms with van der Waals surface area (Å²) in [6.45, 7) is 4.64. The Balaban J connectivity index is 2.11. The molecule has 0 aliphatic heterocycles. The SMILES string of the molecule is CCc1cc2c(=O)n(Cc3ccc(C)cc3)c(=S)[nH]c2s1. The van der Waals surface area contributed by atoms with E-state index in [-0.39, 0.29) is 5.56 Å². The fraction of sp³-hybridized carbons (Fsp3) is 0.250. The number of H-pyrrole nitrogens is 1. The highest BCUT2D eigenvalue weighted by Gasteiger charge is 2.09. The second kappa shape index (κ2) is 5.58. The van der Waals surface area contributed by atoms with Crippen LogP contribution in [0.15, 0.2) is 35.1 Å². The summed E-state index contributed by atoms with van der Waals surface area (Å²) in [6, 6.07) is 10.1. The molecule has 21 heavy (non-hydrogen) atoms. The van der Waals surface area contributed by atoms with Crippen molar-refractivity contribution in [3.8, 4) is 0 Å². The predicted molar refractivity (Wildman–Crippen MR) is 90.9 cm³/mol. The van der Waals surface area contributed by atoms with Crippen LogP contribution in [0.25, 0.3) is 10.2 Å². The number of benzene rings is 1. The lowest BCUT2D eigenvalue weighted by atomic mass is 10.1. The maximum atomic E-state index is 12.6. The Morgan fingerprint density at radius 3 is 2.67 bits per heavy atom. The van der Waals surface area contributed by atoms with E-state index in [4.69, 9.17) is 12.2 Å². The van der Waals surface area contributed by atoms with Crippen LogP contribution in [0.5, 0.6) is 0 Å². The van der Waals surface area contributed by atoms with E-state index in [1.54, 1.807) is 15.9 Å². The lowest BCUT2D eigenvalue weighted by Gasteiger charge is -2.06. The first-order valence-electron chi connectivity index (χ1n) is 6.89.